The van der Waals surface area contributed by atoms with E-state index in [4.69, 9.17) is 11.6 Å². The number of nitrogens with one attached hydrogen (secondary N) is 1. The van der Waals surface area contributed by atoms with Crippen LogP contribution in [-0.4, -0.2) is 28.8 Å². The Morgan fingerprint density at radius 3 is 2.75 bits per heavy atom. The van der Waals surface area contributed by atoms with E-state index in [1.54, 1.807) is 23.0 Å². The Hall–Kier alpha value is -2.27. The van der Waals surface area contributed by atoms with Crippen LogP contribution in [0.25, 0.3) is 6.08 Å². The van der Waals surface area contributed by atoms with Crippen molar-refractivity contribution in [3.63, 3.8) is 0 Å². The standard InChI is InChI=1S/C18H21ClN4O/c1-22-13-14(12-20-22)5-8-18(24)21-15-6-7-17(16(19)11-15)23-9-3-2-4-10-23/h5-8,11-13H,2-4,9-10H2,1H3,(H,21,24)/b8-5+. The van der Waals surface area contributed by atoms with Gasteiger partial charge in [-0.15, -0.1) is 0 Å². The first kappa shape index (κ1) is 16.6. The topological polar surface area (TPSA) is 50.2 Å². The van der Waals surface area contributed by atoms with Gasteiger partial charge in [-0.1, -0.05) is 11.6 Å². The Balaban J connectivity index is 1.63. The van der Waals surface area contributed by atoms with Gasteiger partial charge in [-0.2, -0.15) is 5.10 Å². The zero-order chi connectivity index (χ0) is 16.9. The van der Waals surface area contributed by atoms with Crippen LogP contribution in [0.15, 0.2) is 36.7 Å². The first-order chi connectivity index (χ1) is 11.6. The van der Waals surface area contributed by atoms with E-state index < -0.39 is 0 Å². The molecule has 1 amide bonds. The molecule has 1 aliphatic rings. The van der Waals surface area contributed by atoms with E-state index in [1.165, 1.54) is 25.3 Å². The maximum atomic E-state index is 12.0. The summed E-state index contributed by atoms with van der Waals surface area (Å²) in [5.41, 5.74) is 2.62. The normalized spacial score (nSPS) is 15.0. The van der Waals surface area contributed by atoms with Crippen LogP contribution in [0.3, 0.4) is 0 Å². The fourth-order valence-electron chi connectivity index (χ4n) is 2.86. The molecule has 1 saturated heterocycles. The molecule has 126 valence electrons. The number of aryl methyl sites for hydroxylation is 1. The highest BCUT2D eigenvalue weighted by Crippen LogP contribution is 2.30. The summed E-state index contributed by atoms with van der Waals surface area (Å²) in [7, 11) is 1.84. The van der Waals surface area contributed by atoms with Crippen molar-refractivity contribution in [3.8, 4) is 0 Å². The molecule has 1 aromatic heterocycles. The third kappa shape index (κ3) is 4.17. The predicted octanol–water partition coefficient (Wildman–Crippen LogP) is 3.72. The van der Waals surface area contributed by atoms with Crippen LogP contribution in [0.1, 0.15) is 24.8 Å². The smallest absolute Gasteiger partial charge is 0.248 e. The van der Waals surface area contributed by atoms with E-state index in [1.807, 2.05) is 25.4 Å². The number of rotatable bonds is 4. The second kappa shape index (κ2) is 7.53. The van der Waals surface area contributed by atoms with Gasteiger partial charge in [-0.25, -0.2) is 0 Å². The summed E-state index contributed by atoms with van der Waals surface area (Å²) in [6, 6.07) is 5.68. The monoisotopic (exact) mass is 344 g/mol. The molecule has 1 aromatic carbocycles. The molecule has 5 nitrogen and oxygen atoms in total. The summed E-state index contributed by atoms with van der Waals surface area (Å²) in [4.78, 5) is 14.3. The van der Waals surface area contributed by atoms with Gasteiger partial charge >= 0.3 is 0 Å². The average molecular weight is 345 g/mol. The molecule has 0 atom stereocenters. The number of hydrogen-bond acceptors (Lipinski definition) is 3. The third-order valence-corrected chi connectivity index (χ3v) is 4.37. The SMILES string of the molecule is Cn1cc(/C=C/C(=O)Nc2ccc(N3CCCCC3)c(Cl)c2)cn1. The van der Waals surface area contributed by atoms with Gasteiger partial charge in [0.2, 0.25) is 5.91 Å². The number of carbonyl (C=O) groups excluding carboxylic acids is 1. The lowest BCUT2D eigenvalue weighted by molar-refractivity contribution is -0.111. The van der Waals surface area contributed by atoms with Crippen molar-refractivity contribution in [1.82, 2.24) is 9.78 Å². The Morgan fingerprint density at radius 2 is 2.08 bits per heavy atom. The highest BCUT2D eigenvalue weighted by Gasteiger charge is 2.14. The second-order valence-corrected chi connectivity index (χ2v) is 6.39. The molecule has 0 spiro atoms. The third-order valence-electron chi connectivity index (χ3n) is 4.06. The van der Waals surface area contributed by atoms with E-state index >= 15 is 0 Å². The number of piperidine rings is 1. The maximum Gasteiger partial charge on any atom is 0.248 e. The van der Waals surface area contributed by atoms with E-state index in [9.17, 15) is 4.79 Å². The molecule has 1 N–H and O–H groups in total. The predicted molar refractivity (Wildman–Crippen MR) is 98.4 cm³/mol. The summed E-state index contributed by atoms with van der Waals surface area (Å²) < 4.78 is 1.69. The van der Waals surface area contributed by atoms with E-state index in [2.05, 4.69) is 15.3 Å². The molecule has 0 radical (unpaired) electrons. The molecule has 6 heteroatoms. The van der Waals surface area contributed by atoms with Gasteiger partial charge in [-0.05, 0) is 43.5 Å². The zero-order valence-corrected chi connectivity index (χ0v) is 14.5. The molecule has 1 aliphatic heterocycles. The molecule has 2 heterocycles. The van der Waals surface area contributed by atoms with E-state index in [0.29, 0.717) is 10.7 Å². The fourth-order valence-corrected chi connectivity index (χ4v) is 3.16. The van der Waals surface area contributed by atoms with E-state index in [-0.39, 0.29) is 5.91 Å². The number of aromatic nitrogens is 2. The quantitative estimate of drug-likeness (QED) is 0.860. The van der Waals surface area contributed by atoms with Crippen molar-refractivity contribution >= 4 is 35.0 Å². The minimum atomic E-state index is -0.194. The number of halogens is 1. The highest BCUT2D eigenvalue weighted by atomic mass is 35.5. The van der Waals surface area contributed by atoms with Gasteiger partial charge in [0, 0.05) is 43.7 Å². The Bertz CT molecular complexity index is 747. The molecule has 3 rings (SSSR count). The molecule has 0 unspecified atom stereocenters. The van der Waals surface area contributed by atoms with Crippen LogP contribution in [0.4, 0.5) is 11.4 Å². The number of anilines is 2. The van der Waals surface area contributed by atoms with Crippen LogP contribution in [0.5, 0.6) is 0 Å². The summed E-state index contributed by atoms with van der Waals surface area (Å²) in [6.45, 7) is 2.08. The first-order valence-corrected chi connectivity index (χ1v) is 8.52. The molecule has 0 saturated carbocycles. The van der Waals surface area contributed by atoms with Gasteiger partial charge < -0.3 is 10.2 Å². The highest BCUT2D eigenvalue weighted by molar-refractivity contribution is 6.33. The zero-order valence-electron chi connectivity index (χ0n) is 13.7. The van der Waals surface area contributed by atoms with Crippen LogP contribution >= 0.6 is 11.6 Å². The maximum absolute atomic E-state index is 12.0. The van der Waals surface area contributed by atoms with Gasteiger partial charge in [0.25, 0.3) is 0 Å². The Kier molecular flexibility index (Phi) is 5.20. The van der Waals surface area contributed by atoms with Crippen molar-refractivity contribution in [2.45, 2.75) is 19.3 Å². The lowest BCUT2D eigenvalue weighted by atomic mass is 10.1. The van der Waals surface area contributed by atoms with Crippen molar-refractivity contribution in [3.05, 3.63) is 47.3 Å². The molecule has 0 aliphatic carbocycles. The molecule has 1 fully saturated rings. The molecular weight excluding hydrogens is 324 g/mol. The number of carbonyl (C=O) groups is 1. The molecule has 24 heavy (non-hydrogen) atoms. The minimum Gasteiger partial charge on any atom is -0.370 e. The number of amides is 1. The van der Waals surface area contributed by atoms with Crippen molar-refractivity contribution in [2.24, 2.45) is 7.05 Å². The largest absolute Gasteiger partial charge is 0.370 e. The second-order valence-electron chi connectivity index (χ2n) is 5.98. The summed E-state index contributed by atoms with van der Waals surface area (Å²) in [6.07, 6.45) is 10.4. The Morgan fingerprint density at radius 1 is 1.29 bits per heavy atom. The number of benzene rings is 1. The molecule has 2 aromatic rings. The number of hydrogen-bond donors (Lipinski definition) is 1. The van der Waals surface area contributed by atoms with Gasteiger partial charge in [0.15, 0.2) is 0 Å². The summed E-state index contributed by atoms with van der Waals surface area (Å²) in [5, 5.41) is 7.56. The van der Waals surface area contributed by atoms with Crippen LogP contribution in [0.2, 0.25) is 5.02 Å². The lowest BCUT2D eigenvalue weighted by Crippen LogP contribution is -2.29. The molecular formula is C18H21ClN4O. The van der Waals surface area contributed by atoms with Crippen LogP contribution in [-0.2, 0) is 11.8 Å². The van der Waals surface area contributed by atoms with Crippen molar-refractivity contribution in [1.29, 1.82) is 0 Å². The summed E-state index contributed by atoms with van der Waals surface area (Å²) >= 11 is 6.40. The number of nitrogens with zero attached hydrogens (tertiary/aromatic N) is 3. The van der Waals surface area contributed by atoms with Gasteiger partial charge in [0.05, 0.1) is 16.9 Å². The first-order valence-electron chi connectivity index (χ1n) is 8.14. The van der Waals surface area contributed by atoms with Crippen molar-refractivity contribution < 1.29 is 4.79 Å². The average Bonchev–Trinajstić information content (AvgIpc) is 2.99. The minimum absolute atomic E-state index is 0.194. The van der Waals surface area contributed by atoms with E-state index in [0.717, 1.165) is 24.3 Å². The molecule has 0 bridgehead atoms. The van der Waals surface area contributed by atoms with Crippen molar-refractivity contribution in [2.75, 3.05) is 23.3 Å². The van der Waals surface area contributed by atoms with Gasteiger partial charge in [0.1, 0.15) is 0 Å². The lowest BCUT2D eigenvalue weighted by Gasteiger charge is -2.29. The van der Waals surface area contributed by atoms with Crippen LogP contribution < -0.4 is 10.2 Å². The van der Waals surface area contributed by atoms with Gasteiger partial charge in [-0.3, -0.25) is 9.48 Å². The van der Waals surface area contributed by atoms with Crippen LogP contribution in [0, 0.1) is 0 Å². The Labute approximate surface area is 146 Å². The summed E-state index contributed by atoms with van der Waals surface area (Å²) in [5.74, 6) is -0.194. The fraction of sp³-hybridized carbons (Fsp3) is 0.333.